The number of nitrogens with zero attached hydrogens (tertiary/aromatic N) is 1. The summed E-state index contributed by atoms with van der Waals surface area (Å²) >= 11 is 0. The highest BCUT2D eigenvalue weighted by atomic mass is 19.4. The highest BCUT2D eigenvalue weighted by Gasteiger charge is 2.43. The Morgan fingerprint density at radius 2 is 1.78 bits per heavy atom. The summed E-state index contributed by atoms with van der Waals surface area (Å²) in [6, 6.07) is 10.6. The number of hydrogen-bond acceptors (Lipinski definition) is 4. The lowest BCUT2D eigenvalue weighted by Crippen LogP contribution is -2.50. The van der Waals surface area contributed by atoms with Gasteiger partial charge in [0, 0.05) is 18.2 Å². The summed E-state index contributed by atoms with van der Waals surface area (Å²) in [5.74, 6) is -2.83. The summed E-state index contributed by atoms with van der Waals surface area (Å²) in [5, 5.41) is 2.75. The molecule has 1 aliphatic heterocycles. The summed E-state index contributed by atoms with van der Waals surface area (Å²) in [7, 11) is 0. The van der Waals surface area contributed by atoms with Crippen molar-refractivity contribution in [2.45, 2.75) is 30.9 Å². The Labute approximate surface area is 199 Å². The van der Waals surface area contributed by atoms with Crippen molar-refractivity contribution in [2.75, 3.05) is 6.61 Å². The van der Waals surface area contributed by atoms with Crippen LogP contribution >= 0.6 is 0 Å². The van der Waals surface area contributed by atoms with Crippen LogP contribution in [-0.2, 0) is 12.0 Å². The second-order valence-corrected chi connectivity index (χ2v) is 7.99. The first-order chi connectivity index (χ1) is 16.9. The molecule has 36 heavy (non-hydrogen) atoms. The zero-order chi connectivity index (χ0) is 26.1. The molecule has 0 bridgehead atoms. The topological polar surface area (TPSA) is 60.5 Å². The van der Waals surface area contributed by atoms with E-state index in [0.717, 1.165) is 24.3 Å². The van der Waals surface area contributed by atoms with Crippen LogP contribution in [0.1, 0.15) is 33.6 Å². The van der Waals surface area contributed by atoms with Crippen molar-refractivity contribution in [2.24, 2.45) is 0 Å². The molecule has 0 fully saturated rings. The molecule has 0 radical (unpaired) electrons. The maximum atomic E-state index is 14.6. The summed E-state index contributed by atoms with van der Waals surface area (Å²) in [6.07, 6.45) is -9.26. The van der Waals surface area contributed by atoms with Gasteiger partial charge < -0.3 is 14.8 Å². The van der Waals surface area contributed by atoms with Gasteiger partial charge in [0.05, 0.1) is 13.0 Å². The average Bonchev–Trinajstić information content (AvgIpc) is 2.79. The molecule has 12 heteroatoms. The highest BCUT2D eigenvalue weighted by molar-refractivity contribution is 5.95. The van der Waals surface area contributed by atoms with E-state index in [1.165, 1.54) is 24.4 Å². The third-order valence-corrected chi connectivity index (χ3v) is 5.51. The molecule has 0 aliphatic carbocycles. The first-order valence-electron chi connectivity index (χ1n) is 10.5. The lowest BCUT2D eigenvalue weighted by Gasteiger charge is -2.39. The molecule has 4 rings (SSSR count). The van der Waals surface area contributed by atoms with Crippen molar-refractivity contribution >= 4 is 5.91 Å². The molecular formula is C24H17F7N2O3. The van der Waals surface area contributed by atoms with Crippen LogP contribution in [0.25, 0.3) is 0 Å². The number of ether oxygens (including phenoxy) is 2. The minimum Gasteiger partial charge on any atom is -0.491 e. The standard InChI is InChI=1S/C24H17F7N2O3/c25-17-12-16(7-8-18(17)36-24(29,30)31)22(9-11-35-19-2-1-10-32-20(19)22)33-21(34)15-5-3-14(4-6-15)13-23(26,27)28/h1-8,10,12H,9,11,13H2,(H,33,34)/t22-/m0/s1. The first-order valence-corrected chi connectivity index (χ1v) is 10.5. The fourth-order valence-electron chi connectivity index (χ4n) is 3.98. The normalized spacial score (nSPS) is 17.6. The second-order valence-electron chi connectivity index (χ2n) is 7.99. The molecule has 1 aliphatic rings. The largest absolute Gasteiger partial charge is 0.573 e. The Bertz CT molecular complexity index is 1260. The predicted octanol–water partition coefficient (Wildman–Crippen LogP) is 5.68. The fraction of sp³-hybridized carbons (Fsp3) is 0.250. The average molecular weight is 514 g/mol. The Kier molecular flexibility index (Phi) is 6.54. The molecule has 1 atom stereocenters. The van der Waals surface area contributed by atoms with Gasteiger partial charge in [-0.25, -0.2) is 4.39 Å². The number of alkyl halides is 6. The van der Waals surface area contributed by atoms with Gasteiger partial charge in [-0.1, -0.05) is 18.2 Å². The zero-order valence-corrected chi connectivity index (χ0v) is 18.2. The van der Waals surface area contributed by atoms with Crippen LogP contribution in [-0.4, -0.2) is 30.0 Å². The number of aromatic nitrogens is 1. The van der Waals surface area contributed by atoms with E-state index in [4.69, 9.17) is 4.74 Å². The zero-order valence-electron chi connectivity index (χ0n) is 18.2. The van der Waals surface area contributed by atoms with Crippen molar-refractivity contribution in [3.63, 3.8) is 0 Å². The van der Waals surface area contributed by atoms with Gasteiger partial charge in [0.2, 0.25) is 0 Å². The molecule has 2 aromatic carbocycles. The second kappa shape index (κ2) is 9.32. The fourth-order valence-corrected chi connectivity index (χ4v) is 3.98. The van der Waals surface area contributed by atoms with Crippen LogP contribution in [0.15, 0.2) is 60.8 Å². The summed E-state index contributed by atoms with van der Waals surface area (Å²) in [6.45, 7) is 0.0475. The van der Waals surface area contributed by atoms with Gasteiger partial charge in [0.25, 0.3) is 5.91 Å². The lowest BCUT2D eigenvalue weighted by atomic mass is 9.81. The number of fused-ring (bicyclic) bond motifs is 1. The molecule has 2 heterocycles. The first kappa shape index (κ1) is 25.3. The molecule has 1 aromatic heterocycles. The van der Waals surface area contributed by atoms with E-state index in [0.29, 0.717) is 0 Å². The number of amides is 1. The molecule has 1 amide bonds. The van der Waals surface area contributed by atoms with Crippen molar-refractivity contribution in [1.29, 1.82) is 0 Å². The molecule has 190 valence electrons. The van der Waals surface area contributed by atoms with Gasteiger partial charge in [-0.2, -0.15) is 13.2 Å². The molecule has 0 saturated heterocycles. The number of rotatable bonds is 5. The van der Waals surface area contributed by atoms with Gasteiger partial charge in [0.15, 0.2) is 11.6 Å². The van der Waals surface area contributed by atoms with E-state index < -0.39 is 42.0 Å². The molecule has 0 saturated carbocycles. The van der Waals surface area contributed by atoms with E-state index in [-0.39, 0.29) is 41.2 Å². The summed E-state index contributed by atoms with van der Waals surface area (Å²) in [5.41, 5.74) is -1.30. The van der Waals surface area contributed by atoms with Gasteiger partial charge in [-0.3, -0.25) is 9.78 Å². The maximum absolute atomic E-state index is 14.6. The van der Waals surface area contributed by atoms with Crippen LogP contribution in [0.3, 0.4) is 0 Å². The number of carbonyl (C=O) groups is 1. The van der Waals surface area contributed by atoms with Gasteiger partial charge in [-0.15, -0.1) is 13.2 Å². The van der Waals surface area contributed by atoms with E-state index in [1.54, 1.807) is 12.1 Å². The smallest absolute Gasteiger partial charge is 0.491 e. The number of nitrogens with one attached hydrogen (secondary N) is 1. The van der Waals surface area contributed by atoms with Crippen LogP contribution < -0.4 is 14.8 Å². The SMILES string of the molecule is O=C(N[C@]1(c2ccc(OC(F)(F)F)c(F)c2)CCOc2cccnc21)c1ccc(CC(F)(F)F)cc1. The third kappa shape index (κ3) is 5.52. The van der Waals surface area contributed by atoms with E-state index in [1.807, 2.05) is 0 Å². The Morgan fingerprint density at radius 1 is 1.06 bits per heavy atom. The van der Waals surface area contributed by atoms with Gasteiger partial charge >= 0.3 is 12.5 Å². The molecule has 1 N–H and O–H groups in total. The molecular weight excluding hydrogens is 497 g/mol. The summed E-state index contributed by atoms with van der Waals surface area (Å²) < 4.78 is 99.6. The Morgan fingerprint density at radius 3 is 2.42 bits per heavy atom. The van der Waals surface area contributed by atoms with Gasteiger partial charge in [0.1, 0.15) is 17.0 Å². The van der Waals surface area contributed by atoms with Crippen molar-refractivity contribution < 1.29 is 45.0 Å². The Balaban J connectivity index is 1.72. The van der Waals surface area contributed by atoms with E-state index >= 15 is 0 Å². The minimum atomic E-state index is -5.11. The van der Waals surface area contributed by atoms with Crippen LogP contribution in [0.5, 0.6) is 11.5 Å². The lowest BCUT2D eigenvalue weighted by molar-refractivity contribution is -0.275. The monoisotopic (exact) mass is 514 g/mol. The molecule has 0 spiro atoms. The number of carbonyl (C=O) groups excluding carboxylic acids is 1. The number of hydrogen-bond donors (Lipinski definition) is 1. The number of halogens is 7. The minimum absolute atomic E-state index is 0.0155. The van der Waals surface area contributed by atoms with Gasteiger partial charge in [-0.05, 0) is 47.5 Å². The number of pyridine rings is 1. The predicted molar refractivity (Wildman–Crippen MR) is 112 cm³/mol. The van der Waals surface area contributed by atoms with Crippen LogP contribution in [0, 0.1) is 5.82 Å². The van der Waals surface area contributed by atoms with Crippen molar-refractivity contribution in [1.82, 2.24) is 10.3 Å². The number of benzene rings is 2. The van der Waals surface area contributed by atoms with Crippen molar-refractivity contribution in [3.8, 4) is 11.5 Å². The van der Waals surface area contributed by atoms with E-state index in [9.17, 15) is 35.5 Å². The van der Waals surface area contributed by atoms with Crippen molar-refractivity contribution in [3.05, 3.63) is 89.0 Å². The highest BCUT2D eigenvalue weighted by Crippen LogP contribution is 2.42. The molecule has 0 unspecified atom stereocenters. The summed E-state index contributed by atoms with van der Waals surface area (Å²) in [4.78, 5) is 17.4. The van der Waals surface area contributed by atoms with Crippen LogP contribution in [0.4, 0.5) is 30.7 Å². The Hall–Kier alpha value is -3.83. The van der Waals surface area contributed by atoms with E-state index in [2.05, 4.69) is 15.0 Å². The maximum Gasteiger partial charge on any atom is 0.573 e. The third-order valence-electron chi connectivity index (χ3n) is 5.51. The molecule has 5 nitrogen and oxygen atoms in total. The van der Waals surface area contributed by atoms with Crippen LogP contribution in [0.2, 0.25) is 0 Å². The molecule has 3 aromatic rings. The quantitative estimate of drug-likeness (QED) is 0.445.